The summed E-state index contributed by atoms with van der Waals surface area (Å²) in [5, 5.41) is 48.0. The number of aromatic nitrogens is 2. The van der Waals surface area contributed by atoms with Gasteiger partial charge in [0.2, 0.25) is 29.1 Å². The number of nitrogens with one attached hydrogen (secondary N) is 2. The molecule has 0 unspecified atom stereocenters. The van der Waals surface area contributed by atoms with E-state index in [0.29, 0.717) is 67.4 Å². The Morgan fingerprint density at radius 3 is 1.71 bits per heavy atom. The third-order valence-electron chi connectivity index (χ3n) is 9.64. The van der Waals surface area contributed by atoms with Crippen molar-refractivity contribution in [3.05, 3.63) is 151 Å². The van der Waals surface area contributed by atoms with E-state index in [0.717, 1.165) is 11.1 Å². The summed E-state index contributed by atoms with van der Waals surface area (Å²) < 4.78 is 5.87. The Balaban J connectivity index is 0.000000261. The molecule has 0 radical (unpaired) electrons. The van der Waals surface area contributed by atoms with Crippen molar-refractivity contribution in [2.45, 2.75) is 71.5 Å². The number of rotatable bonds is 10. The summed E-state index contributed by atoms with van der Waals surface area (Å²) in [5.74, 6) is -1.88. The first-order valence-electron chi connectivity index (χ1n) is 18.0. The molecule has 0 fully saturated rings. The van der Waals surface area contributed by atoms with Gasteiger partial charge in [0.05, 0.1) is 69.5 Å². The number of halogens is 2. The second kappa shape index (κ2) is 19.2. The molecule has 0 saturated heterocycles. The van der Waals surface area contributed by atoms with Gasteiger partial charge in [-0.25, -0.2) is 9.69 Å². The molecular formula is C44H40Cl2N8O5. The first-order chi connectivity index (χ1) is 27.8. The standard InChI is InChI=1S/C22H21ClN4O3.C22H19ClN4O2/c1-13-16(9-10-18(25-4)19(13)23)11-17(22(2,3)30)21(29)27-26-20(28)15-7-5-14(12-24)6-8-15;1-13-16(9-10-18(25-4)19(13)23)11-17(22(2,3)28)21-27-26-20(29-21)15-7-5-14(12-24)6-8-15/h5-10,17,30H,11H2,1-3H3,(H,26,28)(H,27,29);5-10,17,28H,11H2,1-3H3/t2*17-/m00/s1. The molecule has 0 bridgehead atoms. The van der Waals surface area contributed by atoms with E-state index in [1.807, 2.05) is 19.1 Å². The van der Waals surface area contributed by atoms with Crippen LogP contribution in [0.3, 0.4) is 0 Å². The number of nitriles is 2. The van der Waals surface area contributed by atoms with Crippen LogP contribution in [-0.2, 0) is 17.6 Å². The molecule has 2 amide bonds. The van der Waals surface area contributed by atoms with E-state index in [9.17, 15) is 19.8 Å². The average Bonchev–Trinajstić information content (AvgIpc) is 3.70. The topological polar surface area (TPSA) is 194 Å². The molecule has 0 aliphatic rings. The quantitative estimate of drug-likeness (QED) is 0.0787. The smallest absolute Gasteiger partial charge is 0.269 e. The molecule has 4 N–H and O–H groups in total. The van der Waals surface area contributed by atoms with E-state index < -0.39 is 34.9 Å². The van der Waals surface area contributed by atoms with Crippen molar-refractivity contribution in [2.75, 3.05) is 0 Å². The van der Waals surface area contributed by atoms with Gasteiger partial charge in [0.1, 0.15) is 0 Å². The van der Waals surface area contributed by atoms with E-state index in [-0.39, 0.29) is 12.0 Å². The predicted molar refractivity (Wildman–Crippen MR) is 222 cm³/mol. The van der Waals surface area contributed by atoms with Crippen LogP contribution >= 0.6 is 23.2 Å². The van der Waals surface area contributed by atoms with Crippen LogP contribution in [0.5, 0.6) is 0 Å². The van der Waals surface area contributed by atoms with Gasteiger partial charge >= 0.3 is 0 Å². The number of carbonyl (C=O) groups excluding carboxylic acids is 2. The highest BCUT2D eigenvalue weighted by Crippen LogP contribution is 2.37. The predicted octanol–water partition coefficient (Wildman–Crippen LogP) is 8.68. The van der Waals surface area contributed by atoms with E-state index in [1.54, 1.807) is 63.2 Å². The van der Waals surface area contributed by atoms with Crippen LogP contribution in [0.2, 0.25) is 10.0 Å². The second-order valence-corrected chi connectivity index (χ2v) is 15.4. The molecule has 0 aliphatic heterocycles. The monoisotopic (exact) mass is 830 g/mol. The fourth-order valence-electron chi connectivity index (χ4n) is 5.93. The van der Waals surface area contributed by atoms with Crippen LogP contribution in [0.4, 0.5) is 11.4 Å². The van der Waals surface area contributed by atoms with Crippen LogP contribution in [0.25, 0.3) is 21.1 Å². The molecule has 300 valence electrons. The summed E-state index contributed by atoms with van der Waals surface area (Å²) in [6.07, 6.45) is 0.578. The molecule has 0 aliphatic carbocycles. The Bertz CT molecular complexity index is 2510. The maximum atomic E-state index is 12.7. The van der Waals surface area contributed by atoms with Crippen LogP contribution in [0.1, 0.15) is 83.2 Å². The third-order valence-corrected chi connectivity index (χ3v) is 10.6. The lowest BCUT2D eigenvalue weighted by Gasteiger charge is -2.29. The average molecular weight is 832 g/mol. The molecule has 2 atom stereocenters. The van der Waals surface area contributed by atoms with Crippen LogP contribution < -0.4 is 10.9 Å². The van der Waals surface area contributed by atoms with Crippen molar-refractivity contribution in [3.63, 3.8) is 0 Å². The zero-order valence-electron chi connectivity index (χ0n) is 33.1. The maximum Gasteiger partial charge on any atom is 0.269 e. The minimum Gasteiger partial charge on any atom is -0.420 e. The lowest BCUT2D eigenvalue weighted by molar-refractivity contribution is -0.133. The first-order valence-corrected chi connectivity index (χ1v) is 18.8. The minimum absolute atomic E-state index is 0.159. The van der Waals surface area contributed by atoms with E-state index in [4.69, 9.17) is 51.3 Å². The van der Waals surface area contributed by atoms with E-state index >= 15 is 0 Å². The summed E-state index contributed by atoms with van der Waals surface area (Å²) >= 11 is 12.5. The van der Waals surface area contributed by atoms with Crippen LogP contribution in [0.15, 0.2) is 77.2 Å². The summed E-state index contributed by atoms with van der Waals surface area (Å²) in [4.78, 5) is 31.7. The van der Waals surface area contributed by atoms with E-state index in [1.165, 1.54) is 38.1 Å². The Morgan fingerprint density at radius 1 is 0.763 bits per heavy atom. The van der Waals surface area contributed by atoms with Crippen molar-refractivity contribution in [1.82, 2.24) is 21.0 Å². The molecular weight excluding hydrogens is 791 g/mol. The summed E-state index contributed by atoms with van der Waals surface area (Å²) in [5.41, 5.74) is 7.84. The lowest BCUT2D eigenvalue weighted by atomic mass is 9.84. The number of hydrogen-bond acceptors (Lipinski definition) is 9. The largest absolute Gasteiger partial charge is 0.420 e. The number of hydrazine groups is 1. The third kappa shape index (κ3) is 11.3. The number of nitrogens with zero attached hydrogens (tertiary/aromatic N) is 6. The number of benzene rings is 4. The van der Waals surface area contributed by atoms with Gasteiger partial charge in [0.15, 0.2) is 0 Å². The number of hydrogen-bond donors (Lipinski definition) is 4. The molecule has 0 saturated carbocycles. The van der Waals surface area contributed by atoms with Gasteiger partial charge in [-0.1, -0.05) is 47.5 Å². The van der Waals surface area contributed by atoms with Gasteiger partial charge < -0.3 is 14.6 Å². The number of aliphatic hydroxyl groups is 2. The maximum absolute atomic E-state index is 12.7. The number of amides is 2. The van der Waals surface area contributed by atoms with Gasteiger partial charge in [0, 0.05) is 11.1 Å². The normalized spacial score (nSPS) is 12.0. The summed E-state index contributed by atoms with van der Waals surface area (Å²) in [6, 6.07) is 23.6. The molecule has 5 rings (SSSR count). The van der Waals surface area contributed by atoms with Crippen molar-refractivity contribution < 1.29 is 24.2 Å². The second-order valence-electron chi connectivity index (χ2n) is 14.7. The fourth-order valence-corrected chi connectivity index (χ4v) is 6.39. The lowest BCUT2D eigenvalue weighted by Crippen LogP contribution is -2.50. The van der Waals surface area contributed by atoms with Gasteiger partial charge in [-0.05, 0) is 125 Å². The Labute approximate surface area is 352 Å². The highest BCUT2D eigenvalue weighted by Gasteiger charge is 2.35. The van der Waals surface area contributed by atoms with Gasteiger partial charge in [-0.2, -0.15) is 10.5 Å². The Morgan fingerprint density at radius 2 is 1.25 bits per heavy atom. The van der Waals surface area contributed by atoms with E-state index in [2.05, 4.69) is 36.8 Å². The molecule has 15 heteroatoms. The minimum atomic E-state index is -1.39. The SMILES string of the molecule is [C-]#[N+]c1ccc(C[C@@H](C(=O)NNC(=O)c2ccc(C#N)cc2)C(C)(C)O)c(C)c1Cl.[C-]#[N+]c1ccc(C[C@@H](c2nnc(-c3ccc(C#N)cc3)o2)C(C)(C)O)c(C)c1Cl. The van der Waals surface area contributed by atoms with Gasteiger partial charge in [-0.3, -0.25) is 20.4 Å². The van der Waals surface area contributed by atoms with Crippen molar-refractivity contribution >= 4 is 46.4 Å². The molecule has 0 spiro atoms. The summed E-state index contributed by atoms with van der Waals surface area (Å²) in [6.45, 7) is 24.3. The highest BCUT2D eigenvalue weighted by molar-refractivity contribution is 6.34. The highest BCUT2D eigenvalue weighted by atomic mass is 35.5. The van der Waals surface area contributed by atoms with Crippen molar-refractivity contribution in [1.29, 1.82) is 10.5 Å². The number of carbonyl (C=O) groups is 2. The first kappa shape index (κ1) is 45.1. The molecule has 13 nitrogen and oxygen atoms in total. The fraction of sp³-hybridized carbons (Fsp3) is 0.273. The van der Waals surface area contributed by atoms with Gasteiger partial charge in [0.25, 0.3) is 5.91 Å². The summed E-state index contributed by atoms with van der Waals surface area (Å²) in [7, 11) is 0. The zero-order chi connectivity index (χ0) is 43.7. The van der Waals surface area contributed by atoms with Gasteiger partial charge in [-0.15, -0.1) is 10.2 Å². The Kier molecular flexibility index (Phi) is 14.7. The molecule has 1 aromatic heterocycles. The molecule has 5 aromatic rings. The Hall–Kier alpha value is -6.58. The van der Waals surface area contributed by atoms with Crippen molar-refractivity contribution in [2.24, 2.45) is 5.92 Å². The molecule has 4 aromatic carbocycles. The molecule has 59 heavy (non-hydrogen) atoms. The zero-order valence-corrected chi connectivity index (χ0v) is 34.6. The van der Waals surface area contributed by atoms with Crippen LogP contribution in [0, 0.1) is 55.6 Å². The van der Waals surface area contributed by atoms with Crippen LogP contribution in [-0.4, -0.2) is 43.4 Å². The molecule has 1 heterocycles. The van der Waals surface area contributed by atoms with Crippen molar-refractivity contribution in [3.8, 4) is 23.6 Å².